The highest BCUT2D eigenvalue weighted by atomic mass is 16.5. The summed E-state index contributed by atoms with van der Waals surface area (Å²) in [4.78, 5) is 7.12. The van der Waals surface area contributed by atoms with E-state index < -0.39 is 0 Å². The van der Waals surface area contributed by atoms with Crippen molar-refractivity contribution in [3.8, 4) is 0 Å². The first-order valence-electron chi connectivity index (χ1n) is 7.87. The van der Waals surface area contributed by atoms with Gasteiger partial charge in [0.15, 0.2) is 0 Å². The van der Waals surface area contributed by atoms with Gasteiger partial charge in [0.25, 0.3) is 0 Å². The molecule has 3 N–H and O–H groups in total. The number of nitrogens with two attached hydrogens (primary N) is 1. The summed E-state index contributed by atoms with van der Waals surface area (Å²) in [6.07, 6.45) is 4.12. The number of hydrogen-bond donors (Lipinski definition) is 2. The molecule has 2 heterocycles. The van der Waals surface area contributed by atoms with Gasteiger partial charge in [-0.2, -0.15) is 0 Å². The molecule has 1 saturated heterocycles. The lowest BCUT2D eigenvalue weighted by Crippen LogP contribution is -2.63. The van der Waals surface area contributed by atoms with Gasteiger partial charge in [-0.25, -0.2) is 0 Å². The van der Waals surface area contributed by atoms with Crippen LogP contribution in [0.5, 0.6) is 0 Å². The van der Waals surface area contributed by atoms with Crippen LogP contribution in [0, 0.1) is 0 Å². The Labute approximate surface area is 126 Å². The third-order valence-corrected chi connectivity index (χ3v) is 5.17. The maximum Gasteiger partial charge on any atom is 0.0594 e. The second-order valence-corrected chi connectivity index (χ2v) is 6.59. The largest absolute Gasteiger partial charge is 0.379 e. The fourth-order valence-corrected chi connectivity index (χ4v) is 3.92. The van der Waals surface area contributed by atoms with Gasteiger partial charge in [0.1, 0.15) is 0 Å². The van der Waals surface area contributed by atoms with Crippen LogP contribution in [0.2, 0.25) is 0 Å². The monoisotopic (exact) mass is 290 g/mol. The number of aryl methyl sites for hydroxylation is 1. The van der Waals surface area contributed by atoms with E-state index in [0.717, 1.165) is 39.1 Å². The topological polar surface area (TPSA) is 63.4 Å². The summed E-state index contributed by atoms with van der Waals surface area (Å²) in [6.45, 7) is 8.11. The molecule has 21 heavy (non-hydrogen) atoms. The minimum Gasteiger partial charge on any atom is -0.379 e. The van der Waals surface area contributed by atoms with Crippen LogP contribution in [-0.4, -0.2) is 47.8 Å². The summed E-state index contributed by atoms with van der Waals surface area (Å²) < 4.78 is 5.48. The Kier molecular flexibility index (Phi) is 4.26. The van der Waals surface area contributed by atoms with E-state index in [1.807, 2.05) is 12.3 Å². The van der Waals surface area contributed by atoms with E-state index in [4.69, 9.17) is 10.6 Å². The molecule has 0 radical (unpaired) electrons. The molecule has 1 aromatic heterocycles. The Hall–Kier alpha value is -1.01. The molecule has 5 nitrogen and oxygen atoms in total. The normalized spacial score (nSPS) is 24.8. The first kappa shape index (κ1) is 14.9. The molecule has 1 aliphatic heterocycles. The van der Waals surface area contributed by atoms with E-state index >= 15 is 0 Å². The highest BCUT2D eigenvalue weighted by molar-refractivity contribution is 5.31. The number of aromatic nitrogens is 1. The van der Waals surface area contributed by atoms with E-state index in [1.54, 1.807) is 0 Å². The number of fused-ring (bicyclic) bond motifs is 1. The smallest absolute Gasteiger partial charge is 0.0594 e. The van der Waals surface area contributed by atoms with Crippen LogP contribution in [0.25, 0.3) is 0 Å². The summed E-state index contributed by atoms with van der Waals surface area (Å²) in [5.74, 6) is 6.35. The van der Waals surface area contributed by atoms with Crippen LogP contribution in [0.3, 0.4) is 0 Å². The minimum atomic E-state index is -0.0255. The van der Waals surface area contributed by atoms with Crippen LogP contribution in [0.4, 0.5) is 0 Å². The Bertz CT molecular complexity index is 485. The number of pyridine rings is 1. The predicted molar refractivity (Wildman–Crippen MR) is 82.9 cm³/mol. The summed E-state index contributed by atoms with van der Waals surface area (Å²) >= 11 is 0. The molecule has 0 bridgehead atoms. The SMILES string of the molecule is CC(C)(C(NN)C1CCc2cccnc21)N1CCOCC1. The molecule has 0 amide bonds. The third kappa shape index (κ3) is 2.71. The summed E-state index contributed by atoms with van der Waals surface area (Å²) in [6, 6.07) is 4.41. The first-order valence-corrected chi connectivity index (χ1v) is 7.87. The minimum absolute atomic E-state index is 0.0255. The van der Waals surface area contributed by atoms with Crippen molar-refractivity contribution in [1.29, 1.82) is 0 Å². The predicted octanol–water partition coefficient (Wildman–Crippen LogP) is 1.05. The molecule has 1 fully saturated rings. The maximum atomic E-state index is 5.97. The van der Waals surface area contributed by atoms with Crippen molar-refractivity contribution in [1.82, 2.24) is 15.3 Å². The Morgan fingerprint density at radius 3 is 2.90 bits per heavy atom. The van der Waals surface area contributed by atoms with Crippen molar-refractivity contribution in [2.24, 2.45) is 5.84 Å². The Balaban J connectivity index is 1.84. The number of nitrogens with zero attached hydrogens (tertiary/aromatic N) is 2. The van der Waals surface area contributed by atoms with Crippen LogP contribution in [-0.2, 0) is 11.2 Å². The highest BCUT2D eigenvalue weighted by Gasteiger charge is 2.43. The number of ether oxygens (including phenoxy) is 1. The zero-order valence-electron chi connectivity index (χ0n) is 13.0. The maximum absolute atomic E-state index is 5.97. The summed E-state index contributed by atoms with van der Waals surface area (Å²) in [7, 11) is 0. The van der Waals surface area contributed by atoms with Crippen molar-refractivity contribution >= 4 is 0 Å². The molecule has 0 aromatic carbocycles. The van der Waals surface area contributed by atoms with Crippen LogP contribution < -0.4 is 11.3 Å². The van der Waals surface area contributed by atoms with Crippen molar-refractivity contribution < 1.29 is 4.74 Å². The lowest BCUT2D eigenvalue weighted by Gasteiger charge is -2.47. The van der Waals surface area contributed by atoms with Gasteiger partial charge in [-0.15, -0.1) is 0 Å². The van der Waals surface area contributed by atoms with Gasteiger partial charge in [-0.1, -0.05) is 6.07 Å². The highest BCUT2D eigenvalue weighted by Crippen LogP contribution is 2.38. The van der Waals surface area contributed by atoms with Crippen LogP contribution >= 0.6 is 0 Å². The average molecular weight is 290 g/mol. The van der Waals surface area contributed by atoms with Gasteiger partial charge < -0.3 is 4.74 Å². The molecule has 1 aromatic rings. The summed E-state index contributed by atoms with van der Waals surface area (Å²) in [5.41, 5.74) is 5.67. The van der Waals surface area contributed by atoms with Crippen molar-refractivity contribution in [3.05, 3.63) is 29.6 Å². The number of morpholine rings is 1. The number of hydrogen-bond acceptors (Lipinski definition) is 5. The lowest BCUT2D eigenvalue weighted by molar-refractivity contribution is -0.0271. The molecule has 2 atom stereocenters. The van der Waals surface area contributed by atoms with Crippen LogP contribution in [0.15, 0.2) is 18.3 Å². The molecule has 5 heteroatoms. The molecular formula is C16H26N4O. The van der Waals surface area contributed by atoms with E-state index in [9.17, 15) is 0 Å². The lowest BCUT2D eigenvalue weighted by atomic mass is 9.81. The van der Waals surface area contributed by atoms with E-state index in [1.165, 1.54) is 11.3 Å². The van der Waals surface area contributed by atoms with Crippen molar-refractivity contribution in [3.63, 3.8) is 0 Å². The molecule has 116 valence electrons. The van der Waals surface area contributed by atoms with Gasteiger partial charge in [0, 0.05) is 42.5 Å². The zero-order valence-corrected chi connectivity index (χ0v) is 13.0. The molecule has 0 saturated carbocycles. The number of hydrazine groups is 1. The van der Waals surface area contributed by atoms with Gasteiger partial charge in [-0.05, 0) is 38.3 Å². The molecular weight excluding hydrogens is 264 g/mol. The molecule has 0 spiro atoms. The zero-order chi connectivity index (χ0) is 14.9. The summed E-state index contributed by atoms with van der Waals surface area (Å²) in [5, 5.41) is 0. The number of nitrogens with one attached hydrogen (secondary N) is 1. The Morgan fingerprint density at radius 2 is 2.19 bits per heavy atom. The van der Waals surface area contributed by atoms with E-state index in [0.29, 0.717) is 5.92 Å². The van der Waals surface area contributed by atoms with Gasteiger partial charge in [0.05, 0.1) is 13.2 Å². The van der Waals surface area contributed by atoms with E-state index in [2.05, 4.69) is 35.2 Å². The second-order valence-electron chi connectivity index (χ2n) is 6.59. The van der Waals surface area contributed by atoms with Crippen molar-refractivity contribution in [2.45, 2.75) is 44.2 Å². The third-order valence-electron chi connectivity index (χ3n) is 5.17. The van der Waals surface area contributed by atoms with Crippen LogP contribution in [0.1, 0.15) is 37.4 Å². The quantitative estimate of drug-likeness (QED) is 0.641. The average Bonchev–Trinajstić information content (AvgIpc) is 2.93. The Morgan fingerprint density at radius 1 is 1.43 bits per heavy atom. The van der Waals surface area contributed by atoms with Crippen molar-refractivity contribution in [2.75, 3.05) is 26.3 Å². The molecule has 2 aliphatic rings. The molecule has 1 aliphatic carbocycles. The fourth-order valence-electron chi connectivity index (χ4n) is 3.92. The van der Waals surface area contributed by atoms with Gasteiger partial charge >= 0.3 is 0 Å². The molecule has 3 rings (SSSR count). The molecule has 2 unspecified atom stereocenters. The standard InChI is InChI=1S/C16H26N4O/c1-16(2,20-8-10-21-11-9-20)15(19-17)13-6-5-12-4-3-7-18-14(12)13/h3-4,7,13,15,19H,5-6,8-11,17H2,1-2H3. The fraction of sp³-hybridized carbons (Fsp3) is 0.688. The van der Waals surface area contributed by atoms with Gasteiger partial charge in [0.2, 0.25) is 0 Å². The second kappa shape index (κ2) is 6.01. The first-order chi connectivity index (χ1) is 10.1. The van der Waals surface area contributed by atoms with Gasteiger partial charge in [-0.3, -0.25) is 21.2 Å². The number of rotatable bonds is 4. The van der Waals surface area contributed by atoms with E-state index in [-0.39, 0.29) is 11.6 Å².